The molecule has 6 aromatic rings. The lowest BCUT2D eigenvalue weighted by atomic mass is 10.0. The fourth-order valence-electron chi connectivity index (χ4n) is 6.31. The van der Waals surface area contributed by atoms with Gasteiger partial charge in [-0.25, -0.2) is 0 Å². The molecule has 2 unspecified atom stereocenters. The number of hydrogen-bond acceptors (Lipinski definition) is 5. The topological polar surface area (TPSA) is 65.7 Å². The van der Waals surface area contributed by atoms with Crippen molar-refractivity contribution < 1.29 is 0 Å². The van der Waals surface area contributed by atoms with Crippen molar-refractivity contribution in [2.24, 2.45) is 10.7 Å². The van der Waals surface area contributed by atoms with E-state index in [9.17, 15) is 0 Å². The van der Waals surface area contributed by atoms with Crippen molar-refractivity contribution in [1.29, 1.82) is 0 Å². The Morgan fingerprint density at radius 2 is 1.62 bits per heavy atom. The third-order valence-electron chi connectivity index (χ3n) is 8.64. The quantitative estimate of drug-likeness (QED) is 0.120. The largest absolute Gasteiger partial charge is 0.384 e. The van der Waals surface area contributed by atoms with Crippen LogP contribution in [0.2, 0.25) is 0 Å². The second-order valence-electron chi connectivity index (χ2n) is 11.5. The zero-order valence-electron chi connectivity index (χ0n) is 24.7. The lowest BCUT2D eigenvalue weighted by Crippen LogP contribution is -2.31. The van der Waals surface area contributed by atoms with Crippen LogP contribution in [0.4, 0.5) is 16.4 Å². The van der Waals surface area contributed by atoms with Crippen LogP contribution in [0.1, 0.15) is 28.3 Å². The molecule has 5 aromatic carbocycles. The van der Waals surface area contributed by atoms with E-state index in [1.807, 2.05) is 47.7 Å². The predicted molar refractivity (Wildman–Crippen MR) is 190 cm³/mol. The minimum atomic E-state index is 0.0330. The lowest BCUT2D eigenvalue weighted by molar-refractivity contribution is 0.543. The molecule has 220 valence electrons. The number of hydrogen-bond donors (Lipinski definition) is 3. The second-order valence-corrected chi connectivity index (χ2v) is 12.5. The molecule has 0 saturated carbocycles. The predicted octanol–water partition coefficient (Wildman–Crippen LogP) is 8.72. The van der Waals surface area contributed by atoms with Crippen molar-refractivity contribution in [3.05, 3.63) is 156 Å². The molecule has 6 heteroatoms. The highest BCUT2D eigenvalue weighted by Crippen LogP contribution is 2.53. The molecule has 0 aliphatic carbocycles. The van der Waals surface area contributed by atoms with E-state index in [1.165, 1.54) is 54.3 Å². The Bertz CT molecular complexity index is 2050. The number of fused-ring (bicyclic) bond motifs is 7. The first-order chi connectivity index (χ1) is 22.2. The van der Waals surface area contributed by atoms with E-state index in [2.05, 4.69) is 119 Å². The van der Waals surface area contributed by atoms with Gasteiger partial charge >= 0.3 is 0 Å². The summed E-state index contributed by atoms with van der Waals surface area (Å²) >= 11 is 1.86. The van der Waals surface area contributed by atoms with Crippen LogP contribution in [0.25, 0.3) is 27.3 Å². The number of nitrogens with two attached hydrogens (primary N) is 1. The van der Waals surface area contributed by atoms with Crippen LogP contribution >= 0.6 is 11.3 Å². The molecule has 45 heavy (non-hydrogen) atoms. The van der Waals surface area contributed by atoms with Gasteiger partial charge in [0.15, 0.2) is 0 Å². The number of amidine groups is 1. The summed E-state index contributed by atoms with van der Waals surface area (Å²) in [7, 11) is 0. The van der Waals surface area contributed by atoms with Gasteiger partial charge in [0, 0.05) is 22.2 Å². The zero-order chi connectivity index (χ0) is 30.2. The molecule has 0 fully saturated rings. The average molecular weight is 604 g/mol. The molecule has 2 atom stereocenters. The summed E-state index contributed by atoms with van der Waals surface area (Å²) in [6, 6.07) is 44.8. The van der Waals surface area contributed by atoms with Gasteiger partial charge in [-0.3, -0.25) is 4.99 Å². The maximum Gasteiger partial charge on any atom is 0.125 e. The van der Waals surface area contributed by atoms with Gasteiger partial charge in [-0.2, -0.15) is 0 Å². The highest BCUT2D eigenvalue weighted by molar-refractivity contribution is 7.24. The first kappa shape index (κ1) is 27.4. The number of anilines is 3. The molecule has 2 aliphatic rings. The molecule has 8 rings (SSSR count). The van der Waals surface area contributed by atoms with E-state index >= 15 is 0 Å². The van der Waals surface area contributed by atoms with Crippen molar-refractivity contribution in [3.63, 3.8) is 0 Å². The maximum absolute atomic E-state index is 6.35. The van der Waals surface area contributed by atoms with E-state index in [1.54, 1.807) is 0 Å². The average Bonchev–Trinajstić information content (AvgIpc) is 3.65. The summed E-state index contributed by atoms with van der Waals surface area (Å²) in [5.74, 6) is 0.557. The van der Waals surface area contributed by atoms with Gasteiger partial charge in [-0.05, 0) is 58.2 Å². The summed E-state index contributed by atoms with van der Waals surface area (Å²) in [5.41, 5.74) is 15.9. The van der Waals surface area contributed by atoms with Crippen LogP contribution in [-0.4, -0.2) is 18.5 Å². The minimum absolute atomic E-state index is 0.0330. The number of nitrogens with one attached hydrogen (secondary N) is 2. The van der Waals surface area contributed by atoms with E-state index < -0.39 is 0 Å². The molecule has 0 spiro atoms. The van der Waals surface area contributed by atoms with Crippen molar-refractivity contribution in [2.75, 3.05) is 16.8 Å². The molecule has 5 nitrogen and oxygen atoms in total. The van der Waals surface area contributed by atoms with Crippen LogP contribution in [0.5, 0.6) is 0 Å². The number of thiophene rings is 1. The Morgan fingerprint density at radius 1 is 0.844 bits per heavy atom. The number of benzene rings is 5. The van der Waals surface area contributed by atoms with E-state index in [0.29, 0.717) is 18.9 Å². The van der Waals surface area contributed by atoms with Crippen LogP contribution < -0.4 is 21.3 Å². The van der Waals surface area contributed by atoms with Gasteiger partial charge in [-0.15, -0.1) is 11.3 Å². The van der Waals surface area contributed by atoms with Gasteiger partial charge < -0.3 is 21.3 Å². The van der Waals surface area contributed by atoms with Crippen molar-refractivity contribution in [3.8, 4) is 11.1 Å². The highest BCUT2D eigenvalue weighted by Gasteiger charge is 2.34. The monoisotopic (exact) mass is 603 g/mol. The number of rotatable bonds is 8. The smallest absolute Gasteiger partial charge is 0.125 e. The number of aliphatic imine (C=N–C) groups is 1. The van der Waals surface area contributed by atoms with Crippen LogP contribution in [0.15, 0.2) is 138 Å². The SMILES string of the molecule is NC(=NCC(NCc1cccc(-c2ccc3sc4c(c3c2)NC2C=Cc3ccccc3N42)c1)c1ccccc1)c1ccccc1. The normalized spacial score (nSPS) is 15.8. The number of nitrogens with zero attached hydrogens (tertiary/aromatic N) is 2. The standard InChI is InChI=1S/C39H33N5S/c40-38(29-14-5-2-6-15-29)42-25-33(27-11-3-1-4-12-27)41-24-26-10-9-16-30(22-26)31-18-20-35-32(23-31)37-39(45-35)44-34-17-8-7-13-28(34)19-21-36(44)43-37/h1-23,33,36,41,43H,24-25H2,(H2,40,42). The Labute approximate surface area is 267 Å². The van der Waals surface area contributed by atoms with Gasteiger partial charge in [0.25, 0.3) is 0 Å². The molecule has 1 aromatic heterocycles. The van der Waals surface area contributed by atoms with Crippen molar-refractivity contribution in [2.45, 2.75) is 18.8 Å². The molecular weight excluding hydrogens is 571 g/mol. The third-order valence-corrected chi connectivity index (χ3v) is 9.81. The molecular formula is C39H33N5S. The van der Waals surface area contributed by atoms with Crippen LogP contribution in [-0.2, 0) is 6.54 Å². The fraction of sp³-hybridized carbons (Fsp3) is 0.103. The summed E-state index contributed by atoms with van der Waals surface area (Å²) in [6.45, 7) is 1.27. The minimum Gasteiger partial charge on any atom is -0.384 e. The van der Waals surface area contributed by atoms with E-state index in [-0.39, 0.29) is 12.2 Å². The Kier molecular flexibility index (Phi) is 7.14. The summed E-state index contributed by atoms with van der Waals surface area (Å²) < 4.78 is 1.29. The molecule has 0 radical (unpaired) electrons. The lowest BCUT2D eigenvalue weighted by Gasteiger charge is -2.29. The Balaban J connectivity index is 1.04. The van der Waals surface area contributed by atoms with Crippen LogP contribution in [0, 0.1) is 0 Å². The fourth-order valence-corrected chi connectivity index (χ4v) is 7.51. The van der Waals surface area contributed by atoms with Gasteiger partial charge in [0.1, 0.15) is 17.0 Å². The zero-order valence-corrected chi connectivity index (χ0v) is 25.5. The van der Waals surface area contributed by atoms with Gasteiger partial charge in [0.05, 0.1) is 24.0 Å². The third kappa shape index (κ3) is 5.29. The highest BCUT2D eigenvalue weighted by atomic mass is 32.1. The van der Waals surface area contributed by atoms with E-state index in [0.717, 1.165) is 5.56 Å². The van der Waals surface area contributed by atoms with Crippen molar-refractivity contribution in [1.82, 2.24) is 5.32 Å². The molecule has 0 saturated heterocycles. The summed E-state index contributed by atoms with van der Waals surface area (Å²) in [5, 5.41) is 10.1. The first-order valence-electron chi connectivity index (χ1n) is 15.3. The van der Waals surface area contributed by atoms with Crippen LogP contribution in [0.3, 0.4) is 0 Å². The molecule has 0 amide bonds. The van der Waals surface area contributed by atoms with Gasteiger partial charge in [0.2, 0.25) is 0 Å². The molecule has 4 N–H and O–H groups in total. The summed E-state index contributed by atoms with van der Waals surface area (Å²) in [4.78, 5) is 7.19. The van der Waals surface area contributed by atoms with Gasteiger partial charge in [-0.1, -0.05) is 109 Å². The molecule has 0 bridgehead atoms. The molecule has 3 heterocycles. The molecule has 2 aliphatic heterocycles. The summed E-state index contributed by atoms with van der Waals surface area (Å²) in [6.07, 6.45) is 4.62. The first-order valence-corrected chi connectivity index (χ1v) is 16.2. The van der Waals surface area contributed by atoms with Crippen molar-refractivity contribution >= 4 is 49.7 Å². The van der Waals surface area contributed by atoms with E-state index in [4.69, 9.17) is 10.7 Å². The number of para-hydroxylation sites is 1. The second kappa shape index (κ2) is 11.7. The Hall–Kier alpha value is -5.17. The Morgan fingerprint density at radius 3 is 2.49 bits per heavy atom. The maximum atomic E-state index is 6.35.